The van der Waals surface area contributed by atoms with Crippen LogP contribution in [0, 0.1) is 5.41 Å². The highest BCUT2D eigenvalue weighted by molar-refractivity contribution is 7.12. The molecular formula is C9H10ClNOS. The third-order valence-corrected chi connectivity index (χ3v) is 3.74. The molecule has 13 heavy (non-hydrogen) atoms. The Kier molecular flexibility index (Phi) is 2.18. The lowest BCUT2D eigenvalue weighted by Gasteiger charge is -2.37. The molecule has 0 aromatic carbocycles. The van der Waals surface area contributed by atoms with Crippen LogP contribution in [0.1, 0.15) is 16.6 Å². The van der Waals surface area contributed by atoms with Crippen molar-refractivity contribution in [3.05, 3.63) is 21.3 Å². The molecule has 0 radical (unpaired) electrons. The van der Waals surface area contributed by atoms with Crippen LogP contribution in [0.2, 0.25) is 5.02 Å². The van der Waals surface area contributed by atoms with Crippen molar-refractivity contribution in [3.8, 4) is 0 Å². The fourth-order valence-electron chi connectivity index (χ4n) is 1.39. The average molecular weight is 216 g/mol. The molecule has 1 aliphatic heterocycles. The molecule has 0 atom stereocenters. The molecule has 0 saturated carbocycles. The Labute approximate surface area is 85.9 Å². The standard InChI is InChI=1S/C9H10ClNOS/c1-9(4-11-5-9)8(12)7-6(10)2-3-13-7/h2-3,11H,4-5H2,1H3. The Morgan fingerprint density at radius 3 is 2.77 bits per heavy atom. The molecule has 0 spiro atoms. The summed E-state index contributed by atoms with van der Waals surface area (Å²) >= 11 is 7.32. The number of ketones is 1. The van der Waals surface area contributed by atoms with Crippen molar-refractivity contribution in [2.45, 2.75) is 6.92 Å². The van der Waals surface area contributed by atoms with Crippen molar-refractivity contribution in [3.63, 3.8) is 0 Å². The summed E-state index contributed by atoms with van der Waals surface area (Å²) in [5, 5.41) is 5.54. The first-order valence-electron chi connectivity index (χ1n) is 4.12. The summed E-state index contributed by atoms with van der Waals surface area (Å²) in [4.78, 5) is 12.6. The van der Waals surface area contributed by atoms with Gasteiger partial charge in [0.2, 0.25) is 0 Å². The maximum absolute atomic E-state index is 11.9. The molecule has 1 saturated heterocycles. The Morgan fingerprint density at radius 2 is 2.38 bits per heavy atom. The Bertz CT molecular complexity index is 343. The Morgan fingerprint density at radius 1 is 1.69 bits per heavy atom. The largest absolute Gasteiger partial charge is 0.315 e. The number of hydrogen-bond donors (Lipinski definition) is 1. The van der Waals surface area contributed by atoms with E-state index < -0.39 is 0 Å². The summed E-state index contributed by atoms with van der Waals surface area (Å²) in [5.74, 6) is 0.172. The number of nitrogens with one attached hydrogen (secondary N) is 1. The number of thiophene rings is 1. The first-order valence-corrected chi connectivity index (χ1v) is 5.38. The van der Waals surface area contributed by atoms with Gasteiger partial charge in [-0.15, -0.1) is 11.3 Å². The zero-order chi connectivity index (χ0) is 9.47. The predicted molar refractivity (Wildman–Crippen MR) is 54.6 cm³/mol. The van der Waals surface area contributed by atoms with Gasteiger partial charge in [0, 0.05) is 13.1 Å². The van der Waals surface area contributed by atoms with Crippen LogP contribution in [-0.2, 0) is 0 Å². The minimum absolute atomic E-state index is 0.172. The molecule has 0 aliphatic carbocycles. The van der Waals surface area contributed by atoms with Gasteiger partial charge in [0.25, 0.3) is 0 Å². The second-order valence-electron chi connectivity index (χ2n) is 3.59. The third-order valence-electron chi connectivity index (χ3n) is 2.40. The van der Waals surface area contributed by atoms with E-state index in [4.69, 9.17) is 11.6 Å². The first kappa shape index (κ1) is 9.19. The second kappa shape index (κ2) is 3.08. The van der Waals surface area contributed by atoms with Crippen molar-refractivity contribution < 1.29 is 4.79 Å². The van der Waals surface area contributed by atoms with E-state index in [-0.39, 0.29) is 11.2 Å². The van der Waals surface area contributed by atoms with Crippen LogP contribution in [0.15, 0.2) is 11.4 Å². The molecule has 2 rings (SSSR count). The minimum Gasteiger partial charge on any atom is -0.315 e. The molecule has 2 nitrogen and oxygen atoms in total. The Hall–Kier alpha value is -0.380. The monoisotopic (exact) mass is 215 g/mol. The van der Waals surface area contributed by atoms with E-state index in [2.05, 4.69) is 5.32 Å². The smallest absolute Gasteiger partial charge is 0.182 e. The van der Waals surface area contributed by atoms with E-state index in [0.717, 1.165) is 13.1 Å². The van der Waals surface area contributed by atoms with Gasteiger partial charge in [0.05, 0.1) is 15.3 Å². The second-order valence-corrected chi connectivity index (χ2v) is 4.91. The van der Waals surface area contributed by atoms with Crippen molar-refractivity contribution in [2.24, 2.45) is 5.41 Å². The lowest BCUT2D eigenvalue weighted by atomic mass is 9.79. The molecule has 1 N–H and O–H groups in total. The summed E-state index contributed by atoms with van der Waals surface area (Å²) in [6, 6.07) is 1.77. The van der Waals surface area contributed by atoms with E-state index in [9.17, 15) is 4.79 Å². The highest BCUT2D eigenvalue weighted by Crippen LogP contribution is 2.32. The van der Waals surface area contributed by atoms with Crippen LogP contribution in [0.3, 0.4) is 0 Å². The lowest BCUT2D eigenvalue weighted by molar-refractivity contribution is 0.0726. The molecule has 1 aliphatic rings. The lowest BCUT2D eigenvalue weighted by Crippen LogP contribution is -2.56. The molecule has 1 aromatic rings. The quantitative estimate of drug-likeness (QED) is 0.767. The van der Waals surface area contributed by atoms with Gasteiger partial charge in [-0.3, -0.25) is 4.79 Å². The summed E-state index contributed by atoms with van der Waals surface area (Å²) in [6.07, 6.45) is 0. The van der Waals surface area contributed by atoms with E-state index in [1.807, 2.05) is 12.3 Å². The van der Waals surface area contributed by atoms with Gasteiger partial charge in [-0.2, -0.15) is 0 Å². The maximum atomic E-state index is 11.9. The predicted octanol–water partition coefficient (Wildman–Crippen LogP) is 2.19. The van der Waals surface area contributed by atoms with Crippen molar-refractivity contribution in [2.75, 3.05) is 13.1 Å². The van der Waals surface area contributed by atoms with Crippen LogP contribution in [0.4, 0.5) is 0 Å². The van der Waals surface area contributed by atoms with Gasteiger partial charge in [-0.25, -0.2) is 0 Å². The SMILES string of the molecule is CC1(C(=O)c2sccc2Cl)CNC1. The van der Waals surface area contributed by atoms with Crippen LogP contribution in [0.25, 0.3) is 0 Å². The van der Waals surface area contributed by atoms with E-state index in [1.54, 1.807) is 6.07 Å². The van der Waals surface area contributed by atoms with Crippen molar-refractivity contribution in [1.82, 2.24) is 5.32 Å². The van der Waals surface area contributed by atoms with Crippen LogP contribution in [-0.4, -0.2) is 18.9 Å². The normalized spacial score (nSPS) is 19.5. The van der Waals surface area contributed by atoms with E-state index in [0.29, 0.717) is 9.90 Å². The molecule has 0 bridgehead atoms. The molecule has 0 unspecified atom stereocenters. The molecule has 0 amide bonds. The molecule has 4 heteroatoms. The first-order chi connectivity index (χ1) is 6.13. The van der Waals surface area contributed by atoms with Crippen LogP contribution < -0.4 is 5.32 Å². The van der Waals surface area contributed by atoms with Crippen molar-refractivity contribution >= 4 is 28.7 Å². The van der Waals surface area contributed by atoms with Crippen molar-refractivity contribution in [1.29, 1.82) is 0 Å². The summed E-state index contributed by atoms with van der Waals surface area (Å²) in [6.45, 7) is 3.50. The molecule has 70 valence electrons. The average Bonchev–Trinajstić information content (AvgIpc) is 2.46. The van der Waals surface area contributed by atoms with Gasteiger partial charge in [0.1, 0.15) is 0 Å². The third kappa shape index (κ3) is 1.41. The van der Waals surface area contributed by atoms with Gasteiger partial charge < -0.3 is 5.32 Å². The number of hydrogen-bond acceptors (Lipinski definition) is 3. The fourth-order valence-corrected chi connectivity index (χ4v) is 2.62. The zero-order valence-electron chi connectivity index (χ0n) is 7.26. The maximum Gasteiger partial charge on any atom is 0.182 e. The van der Waals surface area contributed by atoms with Gasteiger partial charge >= 0.3 is 0 Å². The number of rotatable bonds is 2. The van der Waals surface area contributed by atoms with Gasteiger partial charge in [-0.1, -0.05) is 11.6 Å². The molecule has 1 aromatic heterocycles. The molecule has 1 fully saturated rings. The number of carbonyl (C=O) groups excluding carboxylic acids is 1. The highest BCUT2D eigenvalue weighted by atomic mass is 35.5. The number of carbonyl (C=O) groups is 1. The summed E-state index contributed by atoms with van der Waals surface area (Å²) < 4.78 is 0. The Balaban J connectivity index is 2.27. The zero-order valence-corrected chi connectivity index (χ0v) is 8.84. The van der Waals surface area contributed by atoms with E-state index in [1.165, 1.54) is 11.3 Å². The van der Waals surface area contributed by atoms with Crippen LogP contribution in [0.5, 0.6) is 0 Å². The number of Topliss-reactive ketones (excluding diaryl/α,β-unsaturated/α-hetero) is 1. The summed E-state index contributed by atoms with van der Waals surface area (Å²) in [7, 11) is 0. The molecular weight excluding hydrogens is 206 g/mol. The topological polar surface area (TPSA) is 29.1 Å². The number of halogens is 1. The fraction of sp³-hybridized carbons (Fsp3) is 0.444. The van der Waals surface area contributed by atoms with Crippen LogP contribution >= 0.6 is 22.9 Å². The van der Waals surface area contributed by atoms with E-state index >= 15 is 0 Å². The highest BCUT2D eigenvalue weighted by Gasteiger charge is 2.40. The van der Waals surface area contributed by atoms with Gasteiger partial charge in [0.15, 0.2) is 5.78 Å². The molecule has 2 heterocycles. The van der Waals surface area contributed by atoms with Gasteiger partial charge in [-0.05, 0) is 18.4 Å². The summed E-state index contributed by atoms with van der Waals surface area (Å²) in [5.41, 5.74) is -0.228. The minimum atomic E-state index is -0.228.